The molecule has 5 heteroatoms. The van der Waals surface area contributed by atoms with Gasteiger partial charge in [-0.05, 0) is 25.3 Å². The van der Waals surface area contributed by atoms with Crippen LogP contribution < -0.4 is 0 Å². The van der Waals surface area contributed by atoms with E-state index in [1.165, 1.54) is 11.1 Å². The molecule has 0 bridgehead atoms. The summed E-state index contributed by atoms with van der Waals surface area (Å²) in [6.45, 7) is 2.33. The minimum Gasteiger partial charge on any atom is -0.316 e. The molecule has 0 aliphatic carbocycles. The zero-order valence-electron chi connectivity index (χ0n) is 8.52. The molecule has 0 amide bonds. The van der Waals surface area contributed by atoms with E-state index < -0.39 is 6.30 Å². The largest absolute Gasteiger partial charge is 0.393 e. The van der Waals surface area contributed by atoms with Gasteiger partial charge in [0.15, 0.2) is 0 Å². The SMILES string of the molecule is Cc1ccc(CCCOP(=O)(O)Br)cc1. The summed E-state index contributed by atoms with van der Waals surface area (Å²) in [5, 5.41) is 0. The molecule has 3 nitrogen and oxygen atoms in total. The summed E-state index contributed by atoms with van der Waals surface area (Å²) in [4.78, 5) is 8.80. The van der Waals surface area contributed by atoms with Gasteiger partial charge in [0, 0.05) is 15.5 Å². The summed E-state index contributed by atoms with van der Waals surface area (Å²) in [6.07, 6.45) is -1.89. The summed E-state index contributed by atoms with van der Waals surface area (Å²) in [5.74, 6) is 0. The van der Waals surface area contributed by atoms with Gasteiger partial charge in [-0.3, -0.25) is 0 Å². The van der Waals surface area contributed by atoms with Crippen LogP contribution in [0, 0.1) is 6.92 Å². The van der Waals surface area contributed by atoms with Crippen molar-refractivity contribution in [1.82, 2.24) is 0 Å². The van der Waals surface area contributed by atoms with Crippen molar-refractivity contribution in [3.8, 4) is 0 Å². The lowest BCUT2D eigenvalue weighted by atomic mass is 10.1. The number of halogens is 1. The quantitative estimate of drug-likeness (QED) is 0.668. The van der Waals surface area contributed by atoms with Crippen molar-refractivity contribution in [2.24, 2.45) is 0 Å². The maximum Gasteiger partial charge on any atom is 0.393 e. The third-order valence-corrected chi connectivity index (χ3v) is 3.10. The highest BCUT2D eigenvalue weighted by atomic mass is 79.9. The Labute approximate surface area is 97.7 Å². The smallest absolute Gasteiger partial charge is 0.316 e. The second-order valence-electron chi connectivity index (χ2n) is 3.37. The minimum atomic E-state index is -3.48. The van der Waals surface area contributed by atoms with Crippen molar-refractivity contribution >= 4 is 21.8 Å². The monoisotopic (exact) mass is 292 g/mol. The molecule has 1 aromatic rings. The average Bonchev–Trinajstić information content (AvgIpc) is 2.14. The van der Waals surface area contributed by atoms with Crippen LogP contribution in [0.1, 0.15) is 17.5 Å². The fourth-order valence-electron chi connectivity index (χ4n) is 1.21. The average molecular weight is 293 g/mol. The van der Waals surface area contributed by atoms with Crippen LogP contribution in [0.5, 0.6) is 0 Å². The summed E-state index contributed by atoms with van der Waals surface area (Å²) in [5.41, 5.74) is 2.45. The Balaban J connectivity index is 2.26. The van der Waals surface area contributed by atoms with Gasteiger partial charge in [-0.15, -0.1) is 0 Å². The molecule has 1 N–H and O–H groups in total. The molecule has 0 aliphatic heterocycles. The van der Waals surface area contributed by atoms with Gasteiger partial charge in [0.1, 0.15) is 0 Å². The maximum atomic E-state index is 10.7. The molecule has 1 unspecified atom stereocenters. The fraction of sp³-hybridized carbons (Fsp3) is 0.400. The molecule has 1 aromatic carbocycles. The van der Waals surface area contributed by atoms with Gasteiger partial charge in [-0.2, -0.15) is 0 Å². The van der Waals surface area contributed by atoms with Crippen molar-refractivity contribution in [2.75, 3.05) is 6.61 Å². The van der Waals surface area contributed by atoms with Gasteiger partial charge in [0.2, 0.25) is 0 Å². The maximum absolute atomic E-state index is 10.7. The first-order valence-electron chi connectivity index (χ1n) is 4.70. The molecule has 1 atom stereocenters. The first kappa shape index (κ1) is 12.9. The topological polar surface area (TPSA) is 46.5 Å². The normalized spacial score (nSPS) is 14.9. The highest BCUT2D eigenvalue weighted by Crippen LogP contribution is 2.50. The Bertz CT molecular complexity index is 344. The van der Waals surface area contributed by atoms with Gasteiger partial charge in [-0.1, -0.05) is 29.8 Å². The predicted molar refractivity (Wildman–Crippen MR) is 64.2 cm³/mol. The summed E-state index contributed by atoms with van der Waals surface area (Å²) in [6, 6.07) is 8.22. The molecule has 0 fully saturated rings. The van der Waals surface area contributed by atoms with Crippen LogP contribution in [-0.4, -0.2) is 11.5 Å². The Morgan fingerprint density at radius 3 is 2.53 bits per heavy atom. The van der Waals surface area contributed by atoms with E-state index in [4.69, 9.17) is 9.42 Å². The first-order chi connectivity index (χ1) is 6.97. The molecule has 0 saturated carbocycles. The van der Waals surface area contributed by atoms with Crippen LogP contribution >= 0.6 is 21.8 Å². The Morgan fingerprint density at radius 1 is 1.40 bits per heavy atom. The van der Waals surface area contributed by atoms with Gasteiger partial charge in [0.25, 0.3) is 0 Å². The summed E-state index contributed by atoms with van der Waals surface area (Å²) < 4.78 is 15.4. The van der Waals surface area contributed by atoms with E-state index in [1.54, 1.807) is 0 Å². The lowest BCUT2D eigenvalue weighted by molar-refractivity contribution is 0.273. The summed E-state index contributed by atoms with van der Waals surface area (Å²) in [7, 11) is 0. The van der Waals surface area contributed by atoms with Gasteiger partial charge >= 0.3 is 6.30 Å². The lowest BCUT2D eigenvalue weighted by Crippen LogP contribution is -1.93. The van der Waals surface area contributed by atoms with E-state index in [2.05, 4.69) is 39.8 Å². The third-order valence-electron chi connectivity index (χ3n) is 1.98. The first-order valence-corrected chi connectivity index (χ1v) is 8.29. The van der Waals surface area contributed by atoms with E-state index in [-0.39, 0.29) is 6.61 Å². The molecule has 0 saturated heterocycles. The van der Waals surface area contributed by atoms with E-state index in [1.807, 2.05) is 6.92 Å². The second-order valence-corrected chi connectivity index (χ2v) is 7.22. The van der Waals surface area contributed by atoms with Crippen LogP contribution in [0.2, 0.25) is 0 Å². The van der Waals surface area contributed by atoms with Crippen LogP contribution in [0.3, 0.4) is 0 Å². The fourth-order valence-corrected chi connectivity index (χ4v) is 2.00. The molecule has 1 rings (SSSR count). The number of aryl methyl sites for hydroxylation is 2. The van der Waals surface area contributed by atoms with Crippen LogP contribution in [-0.2, 0) is 15.5 Å². The molecule has 0 spiro atoms. The molecular formula is C10H14BrO3P. The third kappa shape index (κ3) is 6.10. The van der Waals surface area contributed by atoms with Crippen LogP contribution in [0.25, 0.3) is 0 Å². The molecule has 84 valence electrons. The second kappa shape index (κ2) is 5.80. The number of hydrogen-bond acceptors (Lipinski definition) is 2. The lowest BCUT2D eigenvalue weighted by Gasteiger charge is -2.05. The molecule has 0 heterocycles. The zero-order valence-corrected chi connectivity index (χ0v) is 11.0. The van der Waals surface area contributed by atoms with Crippen LogP contribution in [0.4, 0.5) is 0 Å². The molecule has 0 aromatic heterocycles. The van der Waals surface area contributed by atoms with E-state index in [0.29, 0.717) is 0 Å². The Kier molecular flexibility index (Phi) is 5.00. The highest BCUT2D eigenvalue weighted by Gasteiger charge is 2.11. The van der Waals surface area contributed by atoms with Gasteiger partial charge < -0.3 is 9.42 Å². The van der Waals surface area contributed by atoms with Gasteiger partial charge in [0.05, 0.1) is 6.61 Å². The Morgan fingerprint density at radius 2 is 2.00 bits per heavy atom. The molecule has 15 heavy (non-hydrogen) atoms. The molecule has 0 aliphatic rings. The van der Waals surface area contributed by atoms with Crippen molar-refractivity contribution in [3.63, 3.8) is 0 Å². The van der Waals surface area contributed by atoms with Gasteiger partial charge in [-0.25, -0.2) is 4.57 Å². The Hall–Kier alpha value is -0.150. The predicted octanol–water partition coefficient (Wildman–Crippen LogP) is 3.44. The van der Waals surface area contributed by atoms with E-state index in [9.17, 15) is 4.57 Å². The van der Waals surface area contributed by atoms with E-state index in [0.717, 1.165) is 12.8 Å². The van der Waals surface area contributed by atoms with Crippen LogP contribution in [0.15, 0.2) is 24.3 Å². The van der Waals surface area contributed by atoms with Crippen molar-refractivity contribution < 1.29 is 14.0 Å². The standard InChI is InChI=1S/C10H14BrO3P/c1-9-4-6-10(7-5-9)3-2-8-14-15(11,12)13/h4-7H,2-3,8H2,1H3,(H,12,13). The number of benzene rings is 1. The van der Waals surface area contributed by atoms with E-state index >= 15 is 0 Å². The molecule has 0 radical (unpaired) electrons. The summed E-state index contributed by atoms with van der Waals surface area (Å²) >= 11 is 2.56. The van der Waals surface area contributed by atoms with Crippen molar-refractivity contribution in [3.05, 3.63) is 35.4 Å². The van der Waals surface area contributed by atoms with Crippen molar-refractivity contribution in [1.29, 1.82) is 0 Å². The molecular weight excluding hydrogens is 279 g/mol. The highest BCUT2D eigenvalue weighted by molar-refractivity contribution is 9.39. The number of hydrogen-bond donors (Lipinski definition) is 1. The zero-order chi connectivity index (χ0) is 11.3. The number of rotatable bonds is 5. The minimum absolute atomic E-state index is 0.285. The van der Waals surface area contributed by atoms with Crippen molar-refractivity contribution in [2.45, 2.75) is 19.8 Å².